The summed E-state index contributed by atoms with van der Waals surface area (Å²) in [5.74, 6) is 1.86. The molecule has 2 fully saturated rings. The molecule has 1 heterocycles. The Morgan fingerprint density at radius 1 is 1.35 bits per heavy atom. The van der Waals surface area contributed by atoms with Crippen LogP contribution in [-0.2, 0) is 0 Å². The van der Waals surface area contributed by atoms with Gasteiger partial charge in [0.05, 0.1) is 0 Å². The van der Waals surface area contributed by atoms with Crippen LogP contribution < -0.4 is 5.73 Å². The first-order valence-corrected chi connectivity index (χ1v) is 7.44. The Morgan fingerprint density at radius 2 is 1.94 bits per heavy atom. The number of rotatable bonds is 3. The van der Waals surface area contributed by atoms with Gasteiger partial charge in [-0.3, -0.25) is 0 Å². The van der Waals surface area contributed by atoms with Crippen molar-refractivity contribution < 1.29 is 0 Å². The minimum absolute atomic E-state index is 0.731. The molecule has 0 bridgehead atoms. The van der Waals surface area contributed by atoms with Crippen molar-refractivity contribution in [1.29, 1.82) is 0 Å². The minimum atomic E-state index is 0.731. The molecule has 2 heteroatoms. The fourth-order valence-electron chi connectivity index (χ4n) is 3.03. The molecule has 2 rings (SSSR count). The van der Waals surface area contributed by atoms with E-state index in [1.165, 1.54) is 38.8 Å². The molecule has 1 spiro atoms. The molecule has 0 radical (unpaired) electrons. The van der Waals surface area contributed by atoms with E-state index in [9.17, 15) is 0 Å². The average molecular weight is 240 g/mol. The van der Waals surface area contributed by atoms with Crippen LogP contribution in [0.15, 0.2) is 0 Å². The molecule has 1 aliphatic heterocycles. The van der Waals surface area contributed by atoms with E-state index in [0.717, 1.165) is 30.3 Å². The molecule has 102 valence electrons. The van der Waals surface area contributed by atoms with E-state index in [1.807, 2.05) is 0 Å². The van der Waals surface area contributed by atoms with Crippen molar-refractivity contribution in [1.82, 2.24) is 4.90 Å². The van der Waals surface area contributed by atoms with Gasteiger partial charge in [-0.1, -0.05) is 40.5 Å². The van der Waals surface area contributed by atoms with E-state index >= 15 is 0 Å². The van der Waals surface area contributed by atoms with Crippen LogP contribution in [0.2, 0.25) is 0 Å². The molecule has 0 aromatic rings. The molecule has 1 saturated heterocycles. The van der Waals surface area contributed by atoms with Crippen LogP contribution in [0, 0.1) is 17.3 Å². The molecular formula is C15H32N2. The summed E-state index contributed by atoms with van der Waals surface area (Å²) in [6.45, 7) is 13.6. The SMILES string of the molecule is CC1CCC2(C1)CN(CCN)C2.CCC(C)C. The van der Waals surface area contributed by atoms with Gasteiger partial charge in [-0.2, -0.15) is 0 Å². The van der Waals surface area contributed by atoms with Crippen LogP contribution in [0.5, 0.6) is 0 Å². The van der Waals surface area contributed by atoms with Crippen molar-refractivity contribution >= 4 is 0 Å². The van der Waals surface area contributed by atoms with Gasteiger partial charge in [-0.15, -0.1) is 0 Å². The zero-order valence-electron chi connectivity index (χ0n) is 12.3. The lowest BCUT2D eigenvalue weighted by Gasteiger charge is -2.48. The standard InChI is InChI=1S/C10H20N2.C5H12/c1-9-2-3-10(6-9)7-12(8-10)5-4-11;1-4-5(2)3/h9H,2-8,11H2,1H3;5H,4H2,1-3H3. The molecule has 17 heavy (non-hydrogen) atoms. The lowest BCUT2D eigenvalue weighted by molar-refractivity contribution is 0.00624. The highest BCUT2D eigenvalue weighted by molar-refractivity contribution is 4.99. The van der Waals surface area contributed by atoms with E-state index in [1.54, 1.807) is 0 Å². The third kappa shape index (κ3) is 4.59. The molecule has 2 nitrogen and oxygen atoms in total. The lowest BCUT2D eigenvalue weighted by Crippen LogP contribution is -2.56. The predicted octanol–water partition coefficient (Wildman–Crippen LogP) is 3.12. The van der Waals surface area contributed by atoms with Crippen LogP contribution >= 0.6 is 0 Å². The molecule has 0 amide bonds. The van der Waals surface area contributed by atoms with Gasteiger partial charge in [0.1, 0.15) is 0 Å². The Kier molecular flexibility index (Phi) is 5.94. The first-order valence-electron chi connectivity index (χ1n) is 7.44. The summed E-state index contributed by atoms with van der Waals surface area (Å²) < 4.78 is 0. The van der Waals surface area contributed by atoms with Crippen molar-refractivity contribution in [2.75, 3.05) is 26.2 Å². The molecule has 1 aliphatic carbocycles. The number of likely N-dealkylation sites (tertiary alicyclic amines) is 1. The van der Waals surface area contributed by atoms with Gasteiger partial charge >= 0.3 is 0 Å². The van der Waals surface area contributed by atoms with Crippen molar-refractivity contribution in [3.63, 3.8) is 0 Å². The molecule has 2 N–H and O–H groups in total. The molecular weight excluding hydrogens is 208 g/mol. The summed E-state index contributed by atoms with van der Waals surface area (Å²) >= 11 is 0. The smallest absolute Gasteiger partial charge is 0.0105 e. The van der Waals surface area contributed by atoms with E-state index in [0.29, 0.717) is 0 Å². The normalized spacial score (nSPS) is 26.8. The Labute approximate surface area is 108 Å². The second-order valence-corrected chi connectivity index (χ2v) is 6.65. The first kappa shape index (κ1) is 15.0. The van der Waals surface area contributed by atoms with Gasteiger partial charge in [0.15, 0.2) is 0 Å². The summed E-state index contributed by atoms with van der Waals surface area (Å²) in [6.07, 6.45) is 5.69. The van der Waals surface area contributed by atoms with Gasteiger partial charge in [-0.05, 0) is 30.1 Å². The van der Waals surface area contributed by atoms with E-state index in [-0.39, 0.29) is 0 Å². The maximum absolute atomic E-state index is 5.51. The average Bonchev–Trinajstić information content (AvgIpc) is 2.61. The molecule has 2 aliphatic rings. The van der Waals surface area contributed by atoms with E-state index in [2.05, 4.69) is 32.6 Å². The maximum atomic E-state index is 5.51. The summed E-state index contributed by atoms with van der Waals surface area (Å²) in [5.41, 5.74) is 6.24. The minimum Gasteiger partial charge on any atom is -0.329 e. The van der Waals surface area contributed by atoms with Gasteiger partial charge in [0.2, 0.25) is 0 Å². The Hall–Kier alpha value is -0.0800. The van der Waals surface area contributed by atoms with Gasteiger partial charge in [0, 0.05) is 26.2 Å². The zero-order chi connectivity index (χ0) is 12.9. The van der Waals surface area contributed by atoms with Crippen LogP contribution in [0.3, 0.4) is 0 Å². The van der Waals surface area contributed by atoms with Crippen molar-refractivity contribution in [3.05, 3.63) is 0 Å². The molecule has 0 aromatic carbocycles. The Bertz CT molecular complexity index is 207. The fourth-order valence-corrected chi connectivity index (χ4v) is 3.03. The van der Waals surface area contributed by atoms with Crippen molar-refractivity contribution in [2.45, 2.75) is 53.4 Å². The van der Waals surface area contributed by atoms with Crippen LogP contribution in [0.25, 0.3) is 0 Å². The Morgan fingerprint density at radius 3 is 2.29 bits per heavy atom. The second kappa shape index (κ2) is 6.75. The van der Waals surface area contributed by atoms with Crippen LogP contribution in [-0.4, -0.2) is 31.1 Å². The fraction of sp³-hybridized carbons (Fsp3) is 1.00. The highest BCUT2D eigenvalue weighted by Crippen LogP contribution is 2.47. The zero-order valence-corrected chi connectivity index (χ0v) is 12.3. The quantitative estimate of drug-likeness (QED) is 0.821. The van der Waals surface area contributed by atoms with Gasteiger partial charge in [-0.25, -0.2) is 0 Å². The third-order valence-electron chi connectivity index (χ3n) is 4.33. The summed E-state index contributed by atoms with van der Waals surface area (Å²) in [5, 5.41) is 0. The van der Waals surface area contributed by atoms with Gasteiger partial charge < -0.3 is 10.6 Å². The summed E-state index contributed by atoms with van der Waals surface area (Å²) in [4.78, 5) is 2.50. The summed E-state index contributed by atoms with van der Waals surface area (Å²) in [6, 6.07) is 0. The largest absolute Gasteiger partial charge is 0.329 e. The third-order valence-corrected chi connectivity index (χ3v) is 4.33. The molecule has 0 aromatic heterocycles. The number of nitrogens with two attached hydrogens (primary N) is 1. The lowest BCUT2D eigenvalue weighted by atomic mass is 9.77. The monoisotopic (exact) mass is 240 g/mol. The topological polar surface area (TPSA) is 29.3 Å². The van der Waals surface area contributed by atoms with E-state index in [4.69, 9.17) is 5.73 Å². The number of nitrogens with zero attached hydrogens (tertiary/aromatic N) is 1. The predicted molar refractivity (Wildman–Crippen MR) is 76.1 cm³/mol. The van der Waals surface area contributed by atoms with Crippen molar-refractivity contribution in [2.24, 2.45) is 23.0 Å². The van der Waals surface area contributed by atoms with Crippen LogP contribution in [0.1, 0.15) is 53.4 Å². The molecule has 1 unspecified atom stereocenters. The second-order valence-electron chi connectivity index (χ2n) is 6.65. The summed E-state index contributed by atoms with van der Waals surface area (Å²) in [7, 11) is 0. The number of hydrogen-bond acceptors (Lipinski definition) is 2. The maximum Gasteiger partial charge on any atom is 0.0105 e. The Balaban J connectivity index is 0.000000249. The van der Waals surface area contributed by atoms with Crippen LogP contribution in [0.4, 0.5) is 0 Å². The highest BCUT2D eigenvalue weighted by atomic mass is 15.2. The van der Waals surface area contributed by atoms with E-state index < -0.39 is 0 Å². The highest BCUT2D eigenvalue weighted by Gasteiger charge is 2.46. The first-order chi connectivity index (χ1) is 8.01. The molecule has 1 saturated carbocycles. The molecule has 1 atom stereocenters. The van der Waals surface area contributed by atoms with Gasteiger partial charge in [0.25, 0.3) is 0 Å². The number of hydrogen-bond donors (Lipinski definition) is 1. The van der Waals surface area contributed by atoms with Crippen molar-refractivity contribution in [3.8, 4) is 0 Å².